The summed E-state index contributed by atoms with van der Waals surface area (Å²) >= 11 is 0. The van der Waals surface area contributed by atoms with E-state index in [0.717, 1.165) is 18.5 Å². The number of nitrogens with one attached hydrogen (secondary N) is 1. The van der Waals surface area contributed by atoms with Crippen molar-refractivity contribution in [3.8, 4) is 0 Å². The number of benzene rings is 1. The molecule has 0 radical (unpaired) electrons. The Morgan fingerprint density at radius 1 is 1.28 bits per heavy atom. The van der Waals surface area contributed by atoms with Gasteiger partial charge in [-0.1, -0.05) is 12.1 Å². The minimum atomic E-state index is -0.836. The fourth-order valence-corrected chi connectivity index (χ4v) is 2.18. The summed E-state index contributed by atoms with van der Waals surface area (Å²) in [6.07, 6.45) is 4.61. The van der Waals surface area contributed by atoms with Gasteiger partial charge in [0.1, 0.15) is 0 Å². The average molecular weight is 269 g/mol. The van der Waals surface area contributed by atoms with Crippen molar-refractivity contribution in [2.24, 2.45) is 5.73 Å². The molecule has 100 valence electrons. The van der Waals surface area contributed by atoms with Crippen molar-refractivity contribution in [3.63, 3.8) is 0 Å². The highest BCUT2D eigenvalue weighted by atomic mass is 35.5. The molecule has 0 saturated heterocycles. The maximum Gasteiger partial charge on any atom is 0.243 e. The van der Waals surface area contributed by atoms with E-state index in [1.807, 2.05) is 12.1 Å². The lowest BCUT2D eigenvalue weighted by Crippen LogP contribution is -2.45. The zero-order valence-corrected chi connectivity index (χ0v) is 11.8. The summed E-state index contributed by atoms with van der Waals surface area (Å²) in [6.45, 7) is 3.44. The molecule has 1 aliphatic rings. The molecule has 0 aliphatic heterocycles. The molecule has 1 aliphatic carbocycles. The lowest BCUT2D eigenvalue weighted by molar-refractivity contribution is -0.120. The molecule has 0 spiro atoms. The summed E-state index contributed by atoms with van der Waals surface area (Å²) in [5.74, 6) is -0.128. The van der Waals surface area contributed by atoms with E-state index >= 15 is 0 Å². The summed E-state index contributed by atoms with van der Waals surface area (Å²) in [5.41, 5.74) is 8.54. The second kappa shape index (κ2) is 5.72. The molecular weight excluding hydrogens is 248 g/mol. The molecule has 1 aromatic carbocycles. The number of fused-ring (bicyclic) bond motifs is 1. The second-order valence-electron chi connectivity index (χ2n) is 5.33. The predicted octanol–water partition coefficient (Wildman–Crippen LogP) is 2.66. The molecule has 1 aromatic rings. The van der Waals surface area contributed by atoms with Crippen molar-refractivity contribution >= 4 is 24.0 Å². The highest BCUT2D eigenvalue weighted by Gasteiger charge is 2.23. The van der Waals surface area contributed by atoms with Crippen LogP contribution in [0.15, 0.2) is 18.2 Å². The Morgan fingerprint density at radius 3 is 2.61 bits per heavy atom. The average Bonchev–Trinajstić information content (AvgIpc) is 2.28. The normalized spacial score (nSPS) is 14.4. The zero-order valence-electron chi connectivity index (χ0n) is 11.0. The van der Waals surface area contributed by atoms with E-state index in [4.69, 9.17) is 5.73 Å². The van der Waals surface area contributed by atoms with E-state index in [0.29, 0.717) is 0 Å². The summed E-state index contributed by atoms with van der Waals surface area (Å²) < 4.78 is 0. The van der Waals surface area contributed by atoms with Gasteiger partial charge in [0.25, 0.3) is 0 Å². The molecule has 0 bridgehead atoms. The van der Waals surface area contributed by atoms with Gasteiger partial charge in [0.2, 0.25) is 5.91 Å². The van der Waals surface area contributed by atoms with Gasteiger partial charge in [-0.2, -0.15) is 0 Å². The number of amides is 1. The molecule has 0 atom stereocenters. The summed E-state index contributed by atoms with van der Waals surface area (Å²) in [5, 5.41) is 2.95. The highest BCUT2D eigenvalue weighted by molar-refractivity contribution is 5.98. The van der Waals surface area contributed by atoms with E-state index < -0.39 is 5.54 Å². The van der Waals surface area contributed by atoms with Crippen molar-refractivity contribution in [3.05, 3.63) is 29.3 Å². The molecule has 0 unspecified atom stereocenters. The maximum atomic E-state index is 11.9. The molecule has 2 rings (SSSR count). The number of anilines is 1. The van der Waals surface area contributed by atoms with Crippen LogP contribution >= 0.6 is 12.4 Å². The zero-order chi connectivity index (χ0) is 12.5. The van der Waals surface area contributed by atoms with Crippen LogP contribution in [0.5, 0.6) is 0 Å². The fourth-order valence-electron chi connectivity index (χ4n) is 2.18. The van der Waals surface area contributed by atoms with Crippen molar-refractivity contribution in [2.75, 3.05) is 5.32 Å². The molecular formula is C14H21ClN2O. The first-order chi connectivity index (χ1) is 7.98. The fraction of sp³-hybridized carbons (Fsp3) is 0.500. The lowest BCUT2D eigenvalue weighted by Gasteiger charge is -2.23. The third kappa shape index (κ3) is 3.24. The Kier molecular flexibility index (Phi) is 4.77. The summed E-state index contributed by atoms with van der Waals surface area (Å²) in [4.78, 5) is 11.9. The summed E-state index contributed by atoms with van der Waals surface area (Å²) in [6, 6.07) is 6.12. The van der Waals surface area contributed by atoms with Crippen LogP contribution in [0.1, 0.15) is 37.8 Å². The van der Waals surface area contributed by atoms with Crippen LogP contribution in [-0.2, 0) is 17.6 Å². The standard InChI is InChI=1S/C14H20N2O.ClH/c1-14(2,15)13(17)16-12-9-5-7-10-6-3-4-8-11(10)12;/h5,7,9H,3-4,6,8,15H2,1-2H3,(H,16,17);1H. The van der Waals surface area contributed by atoms with Gasteiger partial charge in [-0.15, -0.1) is 12.4 Å². The molecule has 3 nitrogen and oxygen atoms in total. The van der Waals surface area contributed by atoms with E-state index in [1.54, 1.807) is 13.8 Å². The lowest BCUT2D eigenvalue weighted by atomic mass is 9.90. The number of halogens is 1. The van der Waals surface area contributed by atoms with Gasteiger partial charge < -0.3 is 11.1 Å². The molecule has 0 fully saturated rings. The predicted molar refractivity (Wildman–Crippen MR) is 77.2 cm³/mol. The number of hydrogen-bond donors (Lipinski definition) is 2. The van der Waals surface area contributed by atoms with Gasteiger partial charge in [-0.05, 0) is 56.7 Å². The van der Waals surface area contributed by atoms with Crippen LogP contribution in [0.2, 0.25) is 0 Å². The van der Waals surface area contributed by atoms with Gasteiger partial charge >= 0.3 is 0 Å². The monoisotopic (exact) mass is 268 g/mol. The smallest absolute Gasteiger partial charge is 0.243 e. The number of carbonyl (C=O) groups excluding carboxylic acids is 1. The first-order valence-corrected chi connectivity index (χ1v) is 6.19. The Bertz CT molecular complexity index is 438. The quantitative estimate of drug-likeness (QED) is 0.866. The molecule has 0 saturated carbocycles. The van der Waals surface area contributed by atoms with Gasteiger partial charge in [0.05, 0.1) is 5.54 Å². The van der Waals surface area contributed by atoms with Crippen LogP contribution in [0.3, 0.4) is 0 Å². The van der Waals surface area contributed by atoms with Gasteiger partial charge in [-0.3, -0.25) is 4.79 Å². The molecule has 0 aromatic heterocycles. The van der Waals surface area contributed by atoms with E-state index in [2.05, 4.69) is 11.4 Å². The number of hydrogen-bond acceptors (Lipinski definition) is 2. The molecule has 0 heterocycles. The minimum Gasteiger partial charge on any atom is -0.324 e. The van der Waals surface area contributed by atoms with Gasteiger partial charge in [-0.25, -0.2) is 0 Å². The minimum absolute atomic E-state index is 0. The van der Waals surface area contributed by atoms with Crippen LogP contribution in [-0.4, -0.2) is 11.4 Å². The van der Waals surface area contributed by atoms with Crippen molar-refractivity contribution < 1.29 is 4.79 Å². The first kappa shape index (κ1) is 15.0. The Morgan fingerprint density at radius 2 is 1.94 bits per heavy atom. The van der Waals surface area contributed by atoms with Crippen LogP contribution < -0.4 is 11.1 Å². The first-order valence-electron chi connectivity index (χ1n) is 6.19. The Hall–Kier alpha value is -1.06. The highest BCUT2D eigenvalue weighted by Crippen LogP contribution is 2.28. The second-order valence-corrected chi connectivity index (χ2v) is 5.33. The topological polar surface area (TPSA) is 55.1 Å². The third-order valence-electron chi connectivity index (χ3n) is 3.23. The van der Waals surface area contributed by atoms with Crippen molar-refractivity contribution in [1.82, 2.24) is 0 Å². The van der Waals surface area contributed by atoms with E-state index in [-0.39, 0.29) is 18.3 Å². The maximum absolute atomic E-state index is 11.9. The molecule has 4 heteroatoms. The largest absolute Gasteiger partial charge is 0.324 e. The molecule has 18 heavy (non-hydrogen) atoms. The summed E-state index contributed by atoms with van der Waals surface area (Å²) in [7, 11) is 0. The Balaban J connectivity index is 0.00000162. The van der Waals surface area contributed by atoms with Crippen LogP contribution in [0.4, 0.5) is 5.69 Å². The van der Waals surface area contributed by atoms with Crippen molar-refractivity contribution in [2.45, 2.75) is 45.1 Å². The number of carbonyl (C=O) groups is 1. The number of aryl methyl sites for hydroxylation is 1. The van der Waals surface area contributed by atoms with Crippen LogP contribution in [0.25, 0.3) is 0 Å². The van der Waals surface area contributed by atoms with E-state index in [1.165, 1.54) is 24.0 Å². The number of rotatable bonds is 2. The van der Waals surface area contributed by atoms with Gasteiger partial charge in [0, 0.05) is 5.69 Å². The van der Waals surface area contributed by atoms with Crippen LogP contribution in [0, 0.1) is 0 Å². The van der Waals surface area contributed by atoms with Gasteiger partial charge in [0.15, 0.2) is 0 Å². The molecule has 3 N–H and O–H groups in total. The van der Waals surface area contributed by atoms with E-state index in [9.17, 15) is 4.79 Å². The number of nitrogens with two attached hydrogens (primary N) is 1. The Labute approximate surface area is 115 Å². The molecule has 1 amide bonds. The SMILES string of the molecule is CC(C)(N)C(=O)Nc1cccc2c1CCCC2.Cl. The van der Waals surface area contributed by atoms with Crippen molar-refractivity contribution in [1.29, 1.82) is 0 Å². The third-order valence-corrected chi connectivity index (χ3v) is 3.23.